The van der Waals surface area contributed by atoms with Gasteiger partial charge in [0.15, 0.2) is 0 Å². The number of amides is 2. The van der Waals surface area contributed by atoms with Gasteiger partial charge in [0.05, 0.1) is 16.1 Å². The molecule has 0 bridgehead atoms. The van der Waals surface area contributed by atoms with E-state index < -0.39 is 11.4 Å². The fourth-order valence-electron chi connectivity index (χ4n) is 1.62. The Balaban J connectivity index is 2.98. The van der Waals surface area contributed by atoms with Gasteiger partial charge < -0.3 is 16.8 Å². The molecule has 0 heterocycles. The number of primary amides is 1. The van der Waals surface area contributed by atoms with Gasteiger partial charge in [0.1, 0.15) is 0 Å². The number of hydrogen-bond donors (Lipinski definition) is 3. The van der Waals surface area contributed by atoms with Crippen LogP contribution in [0.15, 0.2) is 18.2 Å². The highest BCUT2D eigenvalue weighted by atomic mass is 35.5. The zero-order valence-electron chi connectivity index (χ0n) is 11.0. The summed E-state index contributed by atoms with van der Waals surface area (Å²) in [6, 6.07) is 4.54. The zero-order valence-corrected chi connectivity index (χ0v) is 11.8. The number of halogens is 1. The van der Waals surface area contributed by atoms with Crippen molar-refractivity contribution in [1.29, 1.82) is 0 Å². The maximum atomic E-state index is 12.1. The minimum atomic E-state index is -0.924. The fraction of sp³-hybridized carbons (Fsp3) is 0.385. The number of nitrogens with two attached hydrogens (primary N) is 2. The average molecular weight is 284 g/mol. The molecule has 0 aliphatic rings. The molecule has 6 heteroatoms. The van der Waals surface area contributed by atoms with E-state index in [1.165, 1.54) is 12.1 Å². The molecule has 1 rings (SSSR count). The summed E-state index contributed by atoms with van der Waals surface area (Å²) in [4.78, 5) is 23.2. The molecule has 0 saturated heterocycles. The van der Waals surface area contributed by atoms with E-state index in [4.69, 9.17) is 23.1 Å². The van der Waals surface area contributed by atoms with Crippen LogP contribution in [-0.2, 0) is 4.79 Å². The van der Waals surface area contributed by atoms with Gasteiger partial charge in [-0.05, 0) is 31.0 Å². The van der Waals surface area contributed by atoms with Gasteiger partial charge in [0, 0.05) is 5.69 Å². The molecule has 0 fully saturated rings. The summed E-state index contributed by atoms with van der Waals surface area (Å²) in [7, 11) is 0. The summed E-state index contributed by atoms with van der Waals surface area (Å²) in [5, 5.41) is 2.92. The molecule has 5 nitrogen and oxygen atoms in total. The van der Waals surface area contributed by atoms with Gasteiger partial charge in [-0.2, -0.15) is 0 Å². The lowest BCUT2D eigenvalue weighted by atomic mass is 9.93. The van der Waals surface area contributed by atoms with Gasteiger partial charge >= 0.3 is 0 Å². The highest BCUT2D eigenvalue weighted by molar-refractivity contribution is 6.34. The van der Waals surface area contributed by atoms with Gasteiger partial charge in [-0.15, -0.1) is 0 Å². The predicted octanol–water partition coefficient (Wildman–Crippen LogP) is 1.89. The smallest absolute Gasteiger partial charge is 0.250 e. The third-order valence-corrected chi connectivity index (χ3v) is 3.53. The fourth-order valence-corrected chi connectivity index (χ4v) is 1.83. The zero-order chi connectivity index (χ0) is 14.6. The average Bonchev–Trinajstić information content (AvgIpc) is 2.39. The van der Waals surface area contributed by atoms with Crippen LogP contribution in [-0.4, -0.2) is 17.4 Å². The van der Waals surface area contributed by atoms with Crippen LogP contribution >= 0.6 is 11.6 Å². The lowest BCUT2D eigenvalue weighted by Gasteiger charge is -2.25. The number of carbonyl (C=O) groups is 2. The van der Waals surface area contributed by atoms with E-state index in [1.807, 2.05) is 13.8 Å². The molecule has 0 saturated carbocycles. The molecule has 5 N–H and O–H groups in total. The second-order valence-electron chi connectivity index (χ2n) is 4.38. The summed E-state index contributed by atoms with van der Waals surface area (Å²) in [6.45, 7) is 3.69. The molecule has 0 aromatic heterocycles. The normalized spacial score (nSPS) is 11.2. The molecule has 104 valence electrons. The number of hydrogen-bond acceptors (Lipinski definition) is 3. The van der Waals surface area contributed by atoms with Gasteiger partial charge in [-0.25, -0.2) is 0 Å². The van der Waals surface area contributed by atoms with Crippen molar-refractivity contribution in [3.8, 4) is 0 Å². The highest BCUT2D eigenvalue weighted by Gasteiger charge is 2.29. The number of benzene rings is 1. The van der Waals surface area contributed by atoms with Gasteiger partial charge in [-0.1, -0.05) is 25.4 Å². The SMILES string of the molecule is CCC(N)(CC)C(=O)Nc1ccc(Cl)c(C(N)=O)c1. The van der Waals surface area contributed by atoms with Gasteiger partial charge in [0.25, 0.3) is 0 Å². The van der Waals surface area contributed by atoms with E-state index in [2.05, 4.69) is 5.32 Å². The summed E-state index contributed by atoms with van der Waals surface area (Å²) in [5.41, 5.74) is 10.9. The molecular weight excluding hydrogens is 266 g/mol. The second kappa shape index (κ2) is 6.04. The largest absolute Gasteiger partial charge is 0.366 e. The van der Waals surface area contributed by atoms with Crippen molar-refractivity contribution in [1.82, 2.24) is 0 Å². The Morgan fingerprint density at radius 2 is 1.89 bits per heavy atom. The van der Waals surface area contributed by atoms with Gasteiger partial charge in [-0.3, -0.25) is 9.59 Å². The Morgan fingerprint density at radius 1 is 1.32 bits per heavy atom. The Hall–Kier alpha value is -1.59. The molecule has 0 aliphatic heterocycles. The minimum Gasteiger partial charge on any atom is -0.366 e. The van der Waals surface area contributed by atoms with E-state index in [-0.39, 0.29) is 16.5 Å². The van der Waals surface area contributed by atoms with Crippen molar-refractivity contribution in [2.75, 3.05) is 5.32 Å². The molecule has 1 aromatic carbocycles. The number of carbonyl (C=O) groups excluding carboxylic acids is 2. The first-order valence-corrected chi connectivity index (χ1v) is 6.41. The quantitative estimate of drug-likeness (QED) is 0.769. The third kappa shape index (κ3) is 3.45. The first kappa shape index (κ1) is 15.5. The standard InChI is InChI=1S/C13H18ClN3O2/c1-3-13(16,4-2)12(19)17-8-5-6-10(14)9(7-8)11(15)18/h5-7H,3-4,16H2,1-2H3,(H2,15,18)(H,17,19). The highest BCUT2D eigenvalue weighted by Crippen LogP contribution is 2.21. The Kier molecular flexibility index (Phi) is 4.91. The topological polar surface area (TPSA) is 98.2 Å². The molecule has 0 radical (unpaired) electrons. The van der Waals surface area contributed by atoms with Crippen molar-refractivity contribution >= 4 is 29.1 Å². The summed E-state index contributed by atoms with van der Waals surface area (Å²) < 4.78 is 0. The van der Waals surface area contributed by atoms with Crippen molar-refractivity contribution in [2.45, 2.75) is 32.2 Å². The van der Waals surface area contributed by atoms with Crippen LogP contribution in [0.5, 0.6) is 0 Å². The first-order valence-electron chi connectivity index (χ1n) is 6.03. The van der Waals surface area contributed by atoms with Crippen LogP contribution in [0.1, 0.15) is 37.0 Å². The van der Waals surface area contributed by atoms with Crippen molar-refractivity contribution in [3.63, 3.8) is 0 Å². The summed E-state index contributed by atoms with van der Waals surface area (Å²) in [5.74, 6) is -0.943. The Morgan fingerprint density at radius 3 is 2.37 bits per heavy atom. The molecule has 0 unspecified atom stereocenters. The van der Waals surface area contributed by atoms with E-state index in [0.717, 1.165) is 0 Å². The third-order valence-electron chi connectivity index (χ3n) is 3.20. The maximum Gasteiger partial charge on any atom is 0.250 e. The number of rotatable bonds is 5. The number of anilines is 1. The Labute approximate surface area is 117 Å². The van der Waals surface area contributed by atoms with Crippen LogP contribution in [0.4, 0.5) is 5.69 Å². The summed E-state index contributed by atoms with van der Waals surface area (Å²) in [6.07, 6.45) is 1.04. The predicted molar refractivity (Wildman–Crippen MR) is 76.1 cm³/mol. The molecular formula is C13H18ClN3O2. The molecule has 1 aromatic rings. The number of nitrogens with one attached hydrogen (secondary N) is 1. The van der Waals surface area contributed by atoms with Crippen LogP contribution in [0.2, 0.25) is 5.02 Å². The molecule has 19 heavy (non-hydrogen) atoms. The van der Waals surface area contributed by atoms with E-state index in [1.54, 1.807) is 6.07 Å². The van der Waals surface area contributed by atoms with E-state index >= 15 is 0 Å². The van der Waals surface area contributed by atoms with Crippen LogP contribution in [0.3, 0.4) is 0 Å². The molecule has 0 spiro atoms. The maximum absolute atomic E-state index is 12.1. The lowest BCUT2D eigenvalue weighted by Crippen LogP contribution is -2.50. The molecule has 0 aliphatic carbocycles. The van der Waals surface area contributed by atoms with Crippen molar-refractivity contribution in [3.05, 3.63) is 28.8 Å². The van der Waals surface area contributed by atoms with E-state index in [0.29, 0.717) is 18.5 Å². The van der Waals surface area contributed by atoms with Crippen LogP contribution < -0.4 is 16.8 Å². The first-order chi connectivity index (χ1) is 8.84. The molecule has 2 amide bonds. The monoisotopic (exact) mass is 283 g/mol. The van der Waals surface area contributed by atoms with Crippen molar-refractivity contribution < 1.29 is 9.59 Å². The van der Waals surface area contributed by atoms with E-state index in [9.17, 15) is 9.59 Å². The Bertz CT molecular complexity index is 499. The molecule has 0 atom stereocenters. The van der Waals surface area contributed by atoms with Crippen LogP contribution in [0, 0.1) is 0 Å². The van der Waals surface area contributed by atoms with Gasteiger partial charge in [0.2, 0.25) is 11.8 Å². The van der Waals surface area contributed by atoms with Crippen molar-refractivity contribution in [2.24, 2.45) is 11.5 Å². The van der Waals surface area contributed by atoms with Crippen LogP contribution in [0.25, 0.3) is 0 Å². The lowest BCUT2D eigenvalue weighted by molar-refractivity contribution is -0.121. The minimum absolute atomic E-state index is 0.162. The second-order valence-corrected chi connectivity index (χ2v) is 4.78. The summed E-state index contributed by atoms with van der Waals surface area (Å²) >= 11 is 5.83.